The lowest BCUT2D eigenvalue weighted by Crippen LogP contribution is -2.24. The highest BCUT2D eigenvalue weighted by molar-refractivity contribution is 14.1. The Morgan fingerprint density at radius 2 is 2.00 bits per heavy atom. The zero-order valence-corrected chi connectivity index (χ0v) is 15.4. The predicted octanol–water partition coefficient (Wildman–Crippen LogP) is 3.57. The topological polar surface area (TPSA) is 33.3 Å². The Bertz CT molecular complexity index is 626. The van der Waals surface area contributed by atoms with Crippen LogP contribution in [0.25, 0.3) is 0 Å². The summed E-state index contributed by atoms with van der Waals surface area (Å²) in [6.07, 6.45) is 1.28. The second kappa shape index (κ2) is 8.66. The molecular formula is C19H23IN2O. The van der Waals surface area contributed by atoms with Crippen LogP contribution in [0.1, 0.15) is 17.5 Å². The van der Waals surface area contributed by atoms with E-state index < -0.39 is 0 Å². The van der Waals surface area contributed by atoms with Crippen LogP contribution in [0, 0.1) is 9.49 Å². The van der Waals surface area contributed by atoms with Gasteiger partial charge in [-0.2, -0.15) is 0 Å². The van der Waals surface area contributed by atoms with Gasteiger partial charge in [0, 0.05) is 10.1 Å². The quantitative estimate of drug-likeness (QED) is 0.670. The number of hydrogen-bond acceptors (Lipinski definition) is 3. The van der Waals surface area contributed by atoms with E-state index in [1.54, 1.807) is 0 Å². The molecule has 3 rings (SSSR count). The van der Waals surface area contributed by atoms with Gasteiger partial charge >= 0.3 is 0 Å². The molecular weight excluding hydrogens is 399 g/mol. The van der Waals surface area contributed by atoms with E-state index in [1.807, 2.05) is 6.07 Å². The van der Waals surface area contributed by atoms with Gasteiger partial charge in [0.15, 0.2) is 0 Å². The Labute approximate surface area is 152 Å². The van der Waals surface area contributed by atoms with Gasteiger partial charge in [0.2, 0.25) is 0 Å². The maximum atomic E-state index is 5.93. The molecule has 0 spiro atoms. The van der Waals surface area contributed by atoms with Crippen molar-refractivity contribution in [3.8, 4) is 5.75 Å². The molecule has 0 aromatic heterocycles. The Morgan fingerprint density at radius 3 is 2.83 bits per heavy atom. The molecule has 3 nitrogen and oxygen atoms in total. The highest BCUT2D eigenvalue weighted by Crippen LogP contribution is 2.16. The highest BCUT2D eigenvalue weighted by Gasteiger charge is 2.13. The van der Waals surface area contributed by atoms with E-state index in [4.69, 9.17) is 4.74 Å². The Hall–Kier alpha value is -1.11. The smallest absolute Gasteiger partial charge is 0.120 e. The van der Waals surface area contributed by atoms with Gasteiger partial charge in [0.1, 0.15) is 12.4 Å². The molecule has 2 aromatic rings. The second-order valence-corrected chi connectivity index (χ2v) is 7.30. The minimum Gasteiger partial charge on any atom is -0.489 e. The van der Waals surface area contributed by atoms with Gasteiger partial charge in [0.05, 0.1) is 0 Å². The van der Waals surface area contributed by atoms with Crippen molar-refractivity contribution in [1.82, 2.24) is 10.6 Å². The van der Waals surface area contributed by atoms with Crippen LogP contribution >= 0.6 is 22.6 Å². The summed E-state index contributed by atoms with van der Waals surface area (Å²) in [6, 6.07) is 16.8. The van der Waals surface area contributed by atoms with Crippen LogP contribution in [0.15, 0.2) is 48.5 Å². The third-order valence-corrected chi connectivity index (χ3v) is 4.79. The lowest BCUT2D eigenvalue weighted by Gasteiger charge is -2.11. The van der Waals surface area contributed by atoms with Crippen molar-refractivity contribution >= 4 is 22.6 Å². The molecule has 1 atom stereocenters. The largest absolute Gasteiger partial charge is 0.489 e. The number of halogens is 1. The Morgan fingerprint density at radius 1 is 1.13 bits per heavy atom. The summed E-state index contributed by atoms with van der Waals surface area (Å²) in [5.41, 5.74) is 2.48. The summed E-state index contributed by atoms with van der Waals surface area (Å²) < 4.78 is 7.17. The second-order valence-electron chi connectivity index (χ2n) is 6.06. The third kappa shape index (κ3) is 5.48. The molecule has 0 saturated carbocycles. The number of benzene rings is 2. The molecule has 4 heteroatoms. The SMILES string of the molecule is Ic1cccc(COc2cccc(CNCC3CCNC3)c2)c1. The van der Waals surface area contributed by atoms with E-state index in [0.717, 1.165) is 37.8 Å². The first-order valence-electron chi connectivity index (χ1n) is 8.17. The van der Waals surface area contributed by atoms with Crippen molar-refractivity contribution in [2.45, 2.75) is 19.6 Å². The lowest BCUT2D eigenvalue weighted by atomic mass is 10.1. The van der Waals surface area contributed by atoms with E-state index in [2.05, 4.69) is 75.7 Å². The van der Waals surface area contributed by atoms with E-state index in [-0.39, 0.29) is 0 Å². The third-order valence-electron chi connectivity index (χ3n) is 4.12. The summed E-state index contributed by atoms with van der Waals surface area (Å²) in [5, 5.41) is 6.96. The lowest BCUT2D eigenvalue weighted by molar-refractivity contribution is 0.305. The maximum absolute atomic E-state index is 5.93. The first kappa shape index (κ1) is 16.7. The maximum Gasteiger partial charge on any atom is 0.120 e. The fraction of sp³-hybridized carbons (Fsp3) is 0.368. The first-order chi connectivity index (χ1) is 11.3. The molecule has 1 fully saturated rings. The molecule has 1 heterocycles. The monoisotopic (exact) mass is 422 g/mol. The number of nitrogens with one attached hydrogen (secondary N) is 2. The average molecular weight is 422 g/mol. The standard InChI is InChI=1S/C19H23IN2O/c20-18-5-1-4-16(9-18)14-23-19-6-2-3-15(10-19)11-22-13-17-7-8-21-12-17/h1-6,9-10,17,21-22H,7-8,11-14H2. The van der Waals surface area contributed by atoms with Crippen LogP contribution in [-0.4, -0.2) is 19.6 Å². The van der Waals surface area contributed by atoms with Crippen molar-refractivity contribution in [2.24, 2.45) is 5.92 Å². The fourth-order valence-electron chi connectivity index (χ4n) is 2.85. The van der Waals surface area contributed by atoms with Crippen molar-refractivity contribution in [2.75, 3.05) is 19.6 Å². The van der Waals surface area contributed by atoms with Gasteiger partial charge in [-0.05, 0) is 90.0 Å². The van der Waals surface area contributed by atoms with Crippen LogP contribution in [0.2, 0.25) is 0 Å². The summed E-state index contributed by atoms with van der Waals surface area (Å²) in [4.78, 5) is 0. The van der Waals surface area contributed by atoms with Crippen LogP contribution in [0.3, 0.4) is 0 Å². The fourth-order valence-corrected chi connectivity index (χ4v) is 3.46. The number of rotatable bonds is 7. The zero-order chi connectivity index (χ0) is 15.9. The van der Waals surface area contributed by atoms with E-state index >= 15 is 0 Å². The summed E-state index contributed by atoms with van der Waals surface area (Å²) in [5.74, 6) is 1.71. The number of ether oxygens (including phenoxy) is 1. The molecule has 1 saturated heterocycles. The van der Waals surface area contributed by atoms with Gasteiger partial charge in [-0.15, -0.1) is 0 Å². The molecule has 0 radical (unpaired) electrons. The normalized spacial score (nSPS) is 17.3. The van der Waals surface area contributed by atoms with Gasteiger partial charge in [0.25, 0.3) is 0 Å². The minimum absolute atomic E-state index is 0.613. The molecule has 122 valence electrons. The van der Waals surface area contributed by atoms with Gasteiger partial charge in [-0.25, -0.2) is 0 Å². The van der Waals surface area contributed by atoms with Gasteiger partial charge in [-0.1, -0.05) is 24.3 Å². The minimum atomic E-state index is 0.613. The van der Waals surface area contributed by atoms with Gasteiger partial charge in [-0.3, -0.25) is 0 Å². The van der Waals surface area contributed by atoms with Crippen LogP contribution in [0.4, 0.5) is 0 Å². The molecule has 0 aliphatic carbocycles. The summed E-state index contributed by atoms with van der Waals surface area (Å²) in [7, 11) is 0. The van der Waals surface area contributed by atoms with E-state index in [1.165, 1.54) is 21.1 Å². The molecule has 0 bridgehead atoms. The van der Waals surface area contributed by atoms with Crippen molar-refractivity contribution in [3.63, 3.8) is 0 Å². The van der Waals surface area contributed by atoms with Crippen molar-refractivity contribution in [3.05, 3.63) is 63.2 Å². The summed E-state index contributed by atoms with van der Waals surface area (Å²) >= 11 is 2.33. The molecule has 0 amide bonds. The van der Waals surface area contributed by atoms with Crippen molar-refractivity contribution < 1.29 is 4.74 Å². The molecule has 2 aromatic carbocycles. The average Bonchev–Trinajstić information content (AvgIpc) is 3.07. The Balaban J connectivity index is 1.48. The van der Waals surface area contributed by atoms with E-state index in [0.29, 0.717) is 6.61 Å². The molecule has 2 N–H and O–H groups in total. The summed E-state index contributed by atoms with van der Waals surface area (Å²) in [6.45, 7) is 4.90. The van der Waals surface area contributed by atoms with Crippen LogP contribution < -0.4 is 15.4 Å². The van der Waals surface area contributed by atoms with Crippen molar-refractivity contribution in [1.29, 1.82) is 0 Å². The first-order valence-corrected chi connectivity index (χ1v) is 9.25. The van der Waals surface area contributed by atoms with Crippen LogP contribution in [0.5, 0.6) is 5.75 Å². The highest BCUT2D eigenvalue weighted by atomic mass is 127. The zero-order valence-electron chi connectivity index (χ0n) is 13.2. The van der Waals surface area contributed by atoms with Crippen LogP contribution in [-0.2, 0) is 13.2 Å². The number of hydrogen-bond donors (Lipinski definition) is 2. The predicted molar refractivity (Wildman–Crippen MR) is 103 cm³/mol. The molecule has 1 aliphatic heterocycles. The molecule has 23 heavy (non-hydrogen) atoms. The molecule has 1 unspecified atom stereocenters. The Kier molecular flexibility index (Phi) is 6.30. The molecule has 1 aliphatic rings. The van der Waals surface area contributed by atoms with Gasteiger partial charge < -0.3 is 15.4 Å². The van der Waals surface area contributed by atoms with E-state index in [9.17, 15) is 0 Å².